The minimum atomic E-state index is -0.212. The topological polar surface area (TPSA) is 35.5 Å². The maximum absolute atomic E-state index is 10.5. The molecular formula is C7H14O3. The molecule has 0 aliphatic heterocycles. The van der Waals surface area contributed by atoms with Crippen LogP contribution in [0.3, 0.4) is 0 Å². The highest BCUT2D eigenvalue weighted by atomic mass is 16.7. The van der Waals surface area contributed by atoms with Crippen LogP contribution in [0, 0.1) is 0 Å². The van der Waals surface area contributed by atoms with E-state index in [1.54, 1.807) is 6.92 Å². The molecule has 3 nitrogen and oxygen atoms in total. The summed E-state index contributed by atoms with van der Waals surface area (Å²) in [7, 11) is 0. The van der Waals surface area contributed by atoms with E-state index in [1.807, 2.05) is 6.92 Å². The van der Waals surface area contributed by atoms with E-state index in [2.05, 4.69) is 4.74 Å². The molecule has 0 amide bonds. The summed E-state index contributed by atoms with van der Waals surface area (Å²) >= 11 is 0. The zero-order valence-electron chi connectivity index (χ0n) is 6.55. The fraction of sp³-hybridized carbons (Fsp3) is 0.857. The van der Waals surface area contributed by atoms with Crippen LogP contribution in [-0.4, -0.2) is 19.4 Å². The summed E-state index contributed by atoms with van der Waals surface area (Å²) in [4.78, 5) is 10.5. The van der Waals surface area contributed by atoms with E-state index in [9.17, 15) is 4.79 Å². The zero-order valence-corrected chi connectivity index (χ0v) is 6.55. The molecule has 0 aromatic rings. The number of hydrogen-bond acceptors (Lipinski definition) is 3. The van der Waals surface area contributed by atoms with E-state index in [1.165, 1.54) is 0 Å². The van der Waals surface area contributed by atoms with Crippen molar-refractivity contribution in [1.82, 2.24) is 0 Å². The Balaban J connectivity index is 2.96. The molecule has 0 spiro atoms. The Bertz CT molecular complexity index is 90.9. The average Bonchev–Trinajstić information content (AvgIpc) is 1.98. The second kappa shape index (κ2) is 6.55. The Labute approximate surface area is 61.3 Å². The molecule has 0 saturated heterocycles. The molecule has 0 N–H and O–H groups in total. The number of carbonyl (C=O) groups excluding carboxylic acids is 1. The molecule has 0 aromatic carbocycles. The van der Waals surface area contributed by atoms with E-state index in [-0.39, 0.29) is 12.8 Å². The predicted molar refractivity (Wildman–Crippen MR) is 37.5 cm³/mol. The smallest absolute Gasteiger partial charge is 0.307 e. The highest BCUT2D eigenvalue weighted by molar-refractivity contribution is 5.68. The first-order valence-electron chi connectivity index (χ1n) is 3.54. The number of esters is 1. The summed E-state index contributed by atoms with van der Waals surface area (Å²) in [5, 5.41) is 0. The van der Waals surface area contributed by atoms with Crippen LogP contribution in [0.15, 0.2) is 0 Å². The summed E-state index contributed by atoms with van der Waals surface area (Å²) in [6.45, 7) is 4.50. The Morgan fingerprint density at radius 3 is 2.60 bits per heavy atom. The van der Waals surface area contributed by atoms with Crippen molar-refractivity contribution in [2.45, 2.75) is 26.7 Å². The number of hydrogen-bond donors (Lipinski definition) is 0. The molecule has 0 saturated carbocycles. The first-order chi connectivity index (χ1) is 4.81. The molecule has 0 rings (SSSR count). The van der Waals surface area contributed by atoms with Crippen molar-refractivity contribution < 1.29 is 14.3 Å². The lowest BCUT2D eigenvalue weighted by Crippen LogP contribution is -2.07. The van der Waals surface area contributed by atoms with Gasteiger partial charge in [0.05, 0.1) is 6.61 Å². The highest BCUT2D eigenvalue weighted by Crippen LogP contribution is 1.86. The summed E-state index contributed by atoms with van der Waals surface area (Å²) < 4.78 is 9.54. The minimum absolute atomic E-state index is 0.0977. The first kappa shape index (κ1) is 9.43. The van der Waals surface area contributed by atoms with Crippen LogP contribution in [0.4, 0.5) is 0 Å². The van der Waals surface area contributed by atoms with Crippen molar-refractivity contribution in [3.63, 3.8) is 0 Å². The summed E-state index contributed by atoms with van der Waals surface area (Å²) in [6, 6.07) is 0. The second-order valence-corrected chi connectivity index (χ2v) is 1.90. The second-order valence-electron chi connectivity index (χ2n) is 1.90. The third kappa shape index (κ3) is 5.56. The maximum Gasteiger partial charge on any atom is 0.307 e. The van der Waals surface area contributed by atoms with Crippen molar-refractivity contribution >= 4 is 5.97 Å². The third-order valence-electron chi connectivity index (χ3n) is 0.940. The van der Waals surface area contributed by atoms with E-state index in [4.69, 9.17) is 4.74 Å². The molecule has 0 aliphatic rings. The lowest BCUT2D eigenvalue weighted by molar-refractivity contribution is -0.155. The third-order valence-corrected chi connectivity index (χ3v) is 0.940. The Hall–Kier alpha value is -0.570. The molecule has 0 aromatic heterocycles. The van der Waals surface area contributed by atoms with Crippen molar-refractivity contribution in [3.8, 4) is 0 Å². The fourth-order valence-corrected chi connectivity index (χ4v) is 0.413. The first-order valence-corrected chi connectivity index (χ1v) is 3.54. The molecule has 0 atom stereocenters. The van der Waals surface area contributed by atoms with E-state index in [0.29, 0.717) is 13.0 Å². The van der Waals surface area contributed by atoms with Gasteiger partial charge in [0.2, 0.25) is 0 Å². The van der Waals surface area contributed by atoms with Crippen LogP contribution in [0.2, 0.25) is 0 Å². The SMILES string of the molecule is CCCOCOC(=O)CC. The van der Waals surface area contributed by atoms with Crippen molar-refractivity contribution in [3.05, 3.63) is 0 Å². The molecule has 0 unspecified atom stereocenters. The van der Waals surface area contributed by atoms with Gasteiger partial charge in [0.1, 0.15) is 0 Å². The van der Waals surface area contributed by atoms with Gasteiger partial charge in [0.15, 0.2) is 6.79 Å². The number of ether oxygens (including phenoxy) is 2. The van der Waals surface area contributed by atoms with Gasteiger partial charge in [0.25, 0.3) is 0 Å². The van der Waals surface area contributed by atoms with Gasteiger partial charge in [-0.25, -0.2) is 0 Å². The quantitative estimate of drug-likeness (QED) is 0.333. The monoisotopic (exact) mass is 146 g/mol. The van der Waals surface area contributed by atoms with Gasteiger partial charge < -0.3 is 9.47 Å². The van der Waals surface area contributed by atoms with Crippen molar-refractivity contribution in [2.24, 2.45) is 0 Å². The lowest BCUT2D eigenvalue weighted by atomic mass is 10.5. The van der Waals surface area contributed by atoms with Gasteiger partial charge in [-0.15, -0.1) is 0 Å². The fourth-order valence-electron chi connectivity index (χ4n) is 0.413. The van der Waals surface area contributed by atoms with Crippen molar-refractivity contribution in [2.75, 3.05) is 13.4 Å². The standard InChI is InChI=1S/C7H14O3/c1-3-5-9-6-10-7(8)4-2/h3-6H2,1-2H3. The summed E-state index contributed by atoms with van der Waals surface area (Å²) in [5.41, 5.74) is 0. The van der Waals surface area contributed by atoms with E-state index >= 15 is 0 Å². The van der Waals surface area contributed by atoms with Crippen LogP contribution < -0.4 is 0 Å². The Morgan fingerprint density at radius 2 is 2.10 bits per heavy atom. The van der Waals surface area contributed by atoms with E-state index in [0.717, 1.165) is 6.42 Å². The van der Waals surface area contributed by atoms with Crippen LogP contribution in [-0.2, 0) is 14.3 Å². The van der Waals surface area contributed by atoms with Crippen LogP contribution in [0.1, 0.15) is 26.7 Å². The molecule has 0 fully saturated rings. The van der Waals surface area contributed by atoms with Crippen molar-refractivity contribution in [1.29, 1.82) is 0 Å². The molecule has 10 heavy (non-hydrogen) atoms. The molecule has 0 radical (unpaired) electrons. The van der Waals surface area contributed by atoms with Gasteiger partial charge in [-0.3, -0.25) is 4.79 Å². The molecule has 60 valence electrons. The average molecular weight is 146 g/mol. The largest absolute Gasteiger partial charge is 0.438 e. The predicted octanol–water partition coefficient (Wildman–Crippen LogP) is 1.32. The molecular weight excluding hydrogens is 132 g/mol. The number of carbonyl (C=O) groups is 1. The summed E-state index contributed by atoms with van der Waals surface area (Å²) in [6.07, 6.45) is 1.36. The minimum Gasteiger partial charge on any atom is -0.438 e. The van der Waals surface area contributed by atoms with E-state index < -0.39 is 0 Å². The lowest BCUT2D eigenvalue weighted by Gasteiger charge is -2.02. The normalized spacial score (nSPS) is 9.40. The summed E-state index contributed by atoms with van der Waals surface area (Å²) in [5.74, 6) is -0.212. The van der Waals surface area contributed by atoms with Gasteiger partial charge in [-0.05, 0) is 6.42 Å². The van der Waals surface area contributed by atoms with Gasteiger partial charge in [-0.1, -0.05) is 13.8 Å². The maximum atomic E-state index is 10.5. The molecule has 0 aliphatic carbocycles. The van der Waals surface area contributed by atoms with Gasteiger partial charge in [0, 0.05) is 6.42 Å². The Morgan fingerprint density at radius 1 is 1.40 bits per heavy atom. The molecule has 3 heteroatoms. The van der Waals surface area contributed by atoms with Gasteiger partial charge in [-0.2, -0.15) is 0 Å². The molecule has 0 heterocycles. The van der Waals surface area contributed by atoms with Crippen LogP contribution in [0.5, 0.6) is 0 Å². The Kier molecular flexibility index (Phi) is 6.18. The highest BCUT2D eigenvalue weighted by Gasteiger charge is 1.95. The number of rotatable bonds is 5. The zero-order chi connectivity index (χ0) is 7.82. The van der Waals surface area contributed by atoms with Gasteiger partial charge >= 0.3 is 5.97 Å². The van der Waals surface area contributed by atoms with Crippen LogP contribution in [0.25, 0.3) is 0 Å². The molecule has 0 bridgehead atoms. The van der Waals surface area contributed by atoms with Crippen LogP contribution >= 0.6 is 0 Å².